The van der Waals surface area contributed by atoms with E-state index in [4.69, 9.17) is 0 Å². The van der Waals surface area contributed by atoms with E-state index in [9.17, 15) is 13.2 Å². The smallest absolute Gasteiger partial charge is 0.240 e. The van der Waals surface area contributed by atoms with Crippen molar-refractivity contribution in [2.24, 2.45) is 0 Å². The van der Waals surface area contributed by atoms with Gasteiger partial charge in [-0.25, -0.2) is 13.1 Å². The quantitative estimate of drug-likeness (QED) is 0.849. The third kappa shape index (κ3) is 3.30. The zero-order valence-corrected chi connectivity index (χ0v) is 11.0. The highest BCUT2D eigenvalue weighted by molar-refractivity contribution is 7.89. The molecule has 1 aromatic rings. The van der Waals surface area contributed by atoms with Gasteiger partial charge in [-0.15, -0.1) is 0 Å². The molecule has 1 amide bonds. The third-order valence-electron chi connectivity index (χ3n) is 2.65. The molecule has 0 spiro atoms. The SMILES string of the molecule is CCC(=O)Nc1cccc(S(=O)(=O)NC2CC2)c1. The van der Waals surface area contributed by atoms with Crippen LogP contribution in [0.4, 0.5) is 5.69 Å². The molecule has 0 saturated heterocycles. The molecular weight excluding hydrogens is 252 g/mol. The monoisotopic (exact) mass is 268 g/mol. The van der Waals surface area contributed by atoms with Crippen LogP contribution in [0.1, 0.15) is 26.2 Å². The number of amides is 1. The van der Waals surface area contributed by atoms with Gasteiger partial charge in [0.15, 0.2) is 0 Å². The molecule has 18 heavy (non-hydrogen) atoms. The molecule has 98 valence electrons. The van der Waals surface area contributed by atoms with Gasteiger partial charge >= 0.3 is 0 Å². The number of carbonyl (C=O) groups excluding carboxylic acids is 1. The molecule has 0 radical (unpaired) electrons. The minimum atomic E-state index is -3.46. The van der Waals surface area contributed by atoms with Crippen LogP contribution in [0, 0.1) is 0 Å². The summed E-state index contributed by atoms with van der Waals surface area (Å²) in [7, 11) is -3.46. The Bertz CT molecular complexity index is 550. The average Bonchev–Trinajstić information content (AvgIpc) is 3.12. The summed E-state index contributed by atoms with van der Waals surface area (Å²) in [5.74, 6) is -0.139. The van der Waals surface area contributed by atoms with Gasteiger partial charge in [-0.1, -0.05) is 13.0 Å². The third-order valence-corrected chi connectivity index (χ3v) is 4.17. The van der Waals surface area contributed by atoms with Gasteiger partial charge in [0.25, 0.3) is 0 Å². The molecule has 2 rings (SSSR count). The Hall–Kier alpha value is -1.40. The van der Waals surface area contributed by atoms with Gasteiger partial charge in [0.1, 0.15) is 0 Å². The van der Waals surface area contributed by atoms with Crippen molar-refractivity contribution >= 4 is 21.6 Å². The fraction of sp³-hybridized carbons (Fsp3) is 0.417. The number of rotatable bonds is 5. The van der Waals surface area contributed by atoms with Crippen LogP contribution in [0.3, 0.4) is 0 Å². The summed E-state index contributed by atoms with van der Waals surface area (Å²) in [5, 5.41) is 2.64. The second-order valence-electron chi connectivity index (χ2n) is 4.33. The molecule has 6 heteroatoms. The lowest BCUT2D eigenvalue weighted by molar-refractivity contribution is -0.115. The molecule has 2 N–H and O–H groups in total. The highest BCUT2D eigenvalue weighted by Gasteiger charge is 2.27. The first kappa shape index (κ1) is 13.0. The highest BCUT2D eigenvalue weighted by atomic mass is 32.2. The van der Waals surface area contributed by atoms with Crippen molar-refractivity contribution in [2.45, 2.75) is 37.1 Å². The first-order valence-corrected chi connectivity index (χ1v) is 7.42. The molecule has 0 unspecified atom stereocenters. The minimum Gasteiger partial charge on any atom is -0.326 e. The summed E-state index contributed by atoms with van der Waals surface area (Å²) >= 11 is 0. The van der Waals surface area contributed by atoms with Gasteiger partial charge in [0.2, 0.25) is 15.9 Å². The predicted octanol–water partition coefficient (Wildman–Crippen LogP) is 1.48. The zero-order chi connectivity index (χ0) is 13.2. The Balaban J connectivity index is 2.17. The molecule has 1 saturated carbocycles. The first-order valence-electron chi connectivity index (χ1n) is 5.93. The van der Waals surface area contributed by atoms with Crippen LogP contribution in [-0.2, 0) is 14.8 Å². The second kappa shape index (κ2) is 5.07. The number of nitrogens with one attached hydrogen (secondary N) is 2. The van der Waals surface area contributed by atoms with E-state index in [0.717, 1.165) is 12.8 Å². The summed E-state index contributed by atoms with van der Waals surface area (Å²) < 4.78 is 26.5. The number of carbonyl (C=O) groups is 1. The average molecular weight is 268 g/mol. The molecule has 0 bridgehead atoms. The van der Waals surface area contributed by atoms with Crippen molar-refractivity contribution in [2.75, 3.05) is 5.32 Å². The standard InChI is InChI=1S/C12H16N2O3S/c1-2-12(15)13-10-4-3-5-11(8-10)18(16,17)14-9-6-7-9/h3-5,8-9,14H,2,6-7H2,1H3,(H,13,15). The molecule has 1 aliphatic carbocycles. The van der Waals surface area contributed by atoms with Gasteiger partial charge in [0, 0.05) is 18.2 Å². The Labute approximate surface area is 107 Å². The van der Waals surface area contributed by atoms with Gasteiger partial charge < -0.3 is 5.32 Å². The molecule has 5 nitrogen and oxygen atoms in total. The Kier molecular flexibility index (Phi) is 3.68. The van der Waals surface area contributed by atoms with Crippen LogP contribution in [0.25, 0.3) is 0 Å². The van der Waals surface area contributed by atoms with Crippen LogP contribution in [0.5, 0.6) is 0 Å². The van der Waals surface area contributed by atoms with E-state index in [1.807, 2.05) is 0 Å². The highest BCUT2D eigenvalue weighted by Crippen LogP contribution is 2.23. The maximum Gasteiger partial charge on any atom is 0.240 e. The molecule has 0 heterocycles. The summed E-state index contributed by atoms with van der Waals surface area (Å²) in [6.45, 7) is 1.74. The fourth-order valence-corrected chi connectivity index (χ4v) is 2.83. The Morgan fingerprint density at radius 3 is 2.72 bits per heavy atom. The topological polar surface area (TPSA) is 75.3 Å². The van der Waals surface area contributed by atoms with Crippen LogP contribution in [-0.4, -0.2) is 20.4 Å². The van der Waals surface area contributed by atoms with Crippen LogP contribution >= 0.6 is 0 Å². The van der Waals surface area contributed by atoms with Crippen molar-refractivity contribution in [3.8, 4) is 0 Å². The van der Waals surface area contributed by atoms with Crippen LogP contribution in [0.2, 0.25) is 0 Å². The summed E-state index contributed by atoms with van der Waals surface area (Å²) in [6, 6.07) is 6.35. The number of hydrogen-bond donors (Lipinski definition) is 2. The van der Waals surface area contributed by atoms with Gasteiger partial charge in [0.05, 0.1) is 4.90 Å². The predicted molar refractivity (Wildman–Crippen MR) is 68.7 cm³/mol. The number of benzene rings is 1. The number of sulfonamides is 1. The second-order valence-corrected chi connectivity index (χ2v) is 6.04. The Morgan fingerprint density at radius 1 is 1.39 bits per heavy atom. The minimum absolute atomic E-state index is 0.0730. The van der Waals surface area contributed by atoms with Crippen LogP contribution < -0.4 is 10.0 Å². The molecule has 1 aliphatic rings. The lowest BCUT2D eigenvalue weighted by atomic mass is 10.3. The maximum absolute atomic E-state index is 12.0. The number of anilines is 1. The van der Waals surface area contributed by atoms with E-state index in [-0.39, 0.29) is 16.8 Å². The van der Waals surface area contributed by atoms with E-state index in [1.54, 1.807) is 19.1 Å². The molecular formula is C12H16N2O3S. The van der Waals surface area contributed by atoms with Crippen molar-refractivity contribution in [3.05, 3.63) is 24.3 Å². The lowest BCUT2D eigenvalue weighted by Gasteiger charge is -2.08. The van der Waals surface area contributed by atoms with Crippen molar-refractivity contribution in [1.82, 2.24) is 4.72 Å². The first-order chi connectivity index (χ1) is 8.51. The van der Waals surface area contributed by atoms with Crippen molar-refractivity contribution in [3.63, 3.8) is 0 Å². The molecule has 0 aromatic heterocycles. The summed E-state index contributed by atoms with van der Waals surface area (Å²) in [4.78, 5) is 11.4. The zero-order valence-electron chi connectivity index (χ0n) is 10.1. The normalized spacial score (nSPS) is 15.4. The summed E-state index contributed by atoms with van der Waals surface area (Å²) in [5.41, 5.74) is 0.500. The van der Waals surface area contributed by atoms with Gasteiger partial charge in [-0.3, -0.25) is 4.79 Å². The van der Waals surface area contributed by atoms with Crippen molar-refractivity contribution in [1.29, 1.82) is 0 Å². The molecule has 0 atom stereocenters. The van der Waals surface area contributed by atoms with E-state index in [0.29, 0.717) is 12.1 Å². The lowest BCUT2D eigenvalue weighted by Crippen LogP contribution is -2.25. The van der Waals surface area contributed by atoms with E-state index in [1.165, 1.54) is 12.1 Å². The van der Waals surface area contributed by atoms with Crippen molar-refractivity contribution < 1.29 is 13.2 Å². The van der Waals surface area contributed by atoms with Gasteiger partial charge in [-0.05, 0) is 31.0 Å². The van der Waals surface area contributed by atoms with Crippen LogP contribution in [0.15, 0.2) is 29.2 Å². The molecule has 1 fully saturated rings. The van der Waals surface area contributed by atoms with E-state index in [2.05, 4.69) is 10.0 Å². The Morgan fingerprint density at radius 2 is 2.11 bits per heavy atom. The van der Waals surface area contributed by atoms with Gasteiger partial charge in [-0.2, -0.15) is 0 Å². The molecule has 0 aliphatic heterocycles. The molecule has 1 aromatic carbocycles. The summed E-state index contributed by atoms with van der Waals surface area (Å²) in [6.07, 6.45) is 2.15. The fourth-order valence-electron chi connectivity index (χ4n) is 1.48. The van der Waals surface area contributed by atoms with E-state index >= 15 is 0 Å². The largest absolute Gasteiger partial charge is 0.326 e. The number of hydrogen-bond acceptors (Lipinski definition) is 3. The maximum atomic E-state index is 12.0. The van der Waals surface area contributed by atoms with E-state index < -0.39 is 10.0 Å².